The summed E-state index contributed by atoms with van der Waals surface area (Å²) in [6.45, 7) is 8.53. The zero-order valence-corrected chi connectivity index (χ0v) is 9.50. The van der Waals surface area contributed by atoms with Crippen LogP contribution in [0, 0.1) is 0 Å². The molecule has 0 spiro atoms. The van der Waals surface area contributed by atoms with E-state index in [0.717, 1.165) is 0 Å². The van der Waals surface area contributed by atoms with E-state index in [1.165, 1.54) is 0 Å². The Kier molecular flexibility index (Phi) is 5.22. The second kappa shape index (κ2) is 5.66. The summed E-state index contributed by atoms with van der Waals surface area (Å²) >= 11 is 0. The molecule has 1 N–H and O–H groups in total. The van der Waals surface area contributed by atoms with E-state index in [1.807, 2.05) is 0 Å². The van der Waals surface area contributed by atoms with Crippen molar-refractivity contribution in [3.05, 3.63) is 12.2 Å². The molecule has 0 saturated heterocycles. The number of rotatable bonds is 6. The van der Waals surface area contributed by atoms with E-state index in [-0.39, 0.29) is 25.0 Å². The smallest absolute Gasteiger partial charge is 0.336 e. The SMILES string of the molecule is C=C(C(=O)OCC)C(O)(CC)C(=O)CC. The topological polar surface area (TPSA) is 63.6 Å². The zero-order chi connectivity index (χ0) is 12.1. The summed E-state index contributed by atoms with van der Waals surface area (Å²) in [5.74, 6) is -1.13. The van der Waals surface area contributed by atoms with E-state index in [9.17, 15) is 14.7 Å². The molecule has 4 nitrogen and oxygen atoms in total. The molecule has 1 unspecified atom stereocenters. The quantitative estimate of drug-likeness (QED) is 0.533. The Labute approximate surface area is 89.9 Å². The summed E-state index contributed by atoms with van der Waals surface area (Å²) in [7, 11) is 0. The van der Waals surface area contributed by atoms with Crippen LogP contribution in [-0.2, 0) is 14.3 Å². The summed E-state index contributed by atoms with van der Waals surface area (Å²) in [4.78, 5) is 22.8. The van der Waals surface area contributed by atoms with Crippen molar-refractivity contribution in [1.82, 2.24) is 0 Å². The van der Waals surface area contributed by atoms with E-state index in [4.69, 9.17) is 4.74 Å². The van der Waals surface area contributed by atoms with Crippen LogP contribution in [0.1, 0.15) is 33.6 Å². The molecule has 0 rings (SSSR count). The van der Waals surface area contributed by atoms with Gasteiger partial charge in [-0.1, -0.05) is 20.4 Å². The third-order valence-electron chi connectivity index (χ3n) is 2.32. The molecule has 0 aliphatic rings. The van der Waals surface area contributed by atoms with Crippen molar-refractivity contribution in [2.75, 3.05) is 6.61 Å². The molecular weight excluding hydrogens is 196 g/mol. The predicted molar refractivity (Wildman–Crippen MR) is 56.3 cm³/mol. The normalized spacial score (nSPS) is 14.1. The van der Waals surface area contributed by atoms with Crippen LogP contribution < -0.4 is 0 Å². The van der Waals surface area contributed by atoms with Crippen LogP contribution in [0.5, 0.6) is 0 Å². The molecule has 4 heteroatoms. The minimum atomic E-state index is -1.78. The molecule has 0 heterocycles. The number of hydrogen-bond acceptors (Lipinski definition) is 4. The fourth-order valence-electron chi connectivity index (χ4n) is 1.26. The maximum Gasteiger partial charge on any atom is 0.336 e. The highest BCUT2D eigenvalue weighted by Crippen LogP contribution is 2.23. The fourth-order valence-corrected chi connectivity index (χ4v) is 1.26. The van der Waals surface area contributed by atoms with Gasteiger partial charge < -0.3 is 9.84 Å². The molecule has 0 saturated carbocycles. The van der Waals surface area contributed by atoms with Gasteiger partial charge in [0.25, 0.3) is 0 Å². The Morgan fingerprint density at radius 1 is 1.33 bits per heavy atom. The van der Waals surface area contributed by atoms with Gasteiger partial charge in [0.05, 0.1) is 12.2 Å². The molecule has 0 aromatic rings. The maximum absolute atomic E-state index is 11.5. The van der Waals surface area contributed by atoms with Crippen molar-refractivity contribution in [2.24, 2.45) is 0 Å². The minimum absolute atomic E-state index is 0.122. The number of carbonyl (C=O) groups is 2. The number of ketones is 1. The van der Waals surface area contributed by atoms with Crippen LogP contribution in [0.4, 0.5) is 0 Å². The standard InChI is InChI=1S/C11H18O4/c1-5-9(12)11(14,6-2)8(4)10(13)15-7-3/h14H,4-7H2,1-3H3. The average molecular weight is 214 g/mol. The van der Waals surface area contributed by atoms with Crippen LogP contribution in [0.2, 0.25) is 0 Å². The second-order valence-electron chi connectivity index (χ2n) is 3.19. The van der Waals surface area contributed by atoms with Crippen LogP contribution >= 0.6 is 0 Å². The molecule has 0 aliphatic carbocycles. The van der Waals surface area contributed by atoms with Crippen molar-refractivity contribution >= 4 is 11.8 Å². The number of carbonyl (C=O) groups excluding carboxylic acids is 2. The summed E-state index contributed by atoms with van der Waals surface area (Å²) in [5, 5.41) is 10.0. The van der Waals surface area contributed by atoms with Gasteiger partial charge in [-0.05, 0) is 13.3 Å². The van der Waals surface area contributed by atoms with Crippen LogP contribution in [0.3, 0.4) is 0 Å². The molecule has 15 heavy (non-hydrogen) atoms. The zero-order valence-electron chi connectivity index (χ0n) is 9.50. The summed E-state index contributed by atoms with van der Waals surface area (Å²) in [6, 6.07) is 0. The lowest BCUT2D eigenvalue weighted by molar-refractivity contribution is -0.146. The number of Topliss-reactive ketones (excluding diaryl/α,β-unsaturated/α-hetero) is 1. The van der Waals surface area contributed by atoms with Crippen LogP contribution in [0.15, 0.2) is 12.2 Å². The third-order valence-corrected chi connectivity index (χ3v) is 2.32. The first-order chi connectivity index (χ1) is 6.93. The van der Waals surface area contributed by atoms with Crippen molar-refractivity contribution in [3.63, 3.8) is 0 Å². The van der Waals surface area contributed by atoms with Gasteiger partial charge in [-0.15, -0.1) is 0 Å². The summed E-state index contributed by atoms with van der Waals surface area (Å²) in [5.41, 5.74) is -1.96. The Bertz CT molecular complexity index is 270. The number of esters is 1. The second-order valence-corrected chi connectivity index (χ2v) is 3.19. The first-order valence-electron chi connectivity index (χ1n) is 5.06. The first kappa shape index (κ1) is 13.8. The molecule has 0 aromatic heterocycles. The Morgan fingerprint density at radius 3 is 2.20 bits per heavy atom. The van der Waals surface area contributed by atoms with Crippen molar-refractivity contribution < 1.29 is 19.4 Å². The summed E-state index contributed by atoms with van der Waals surface area (Å²) < 4.78 is 4.70. The maximum atomic E-state index is 11.5. The van der Waals surface area contributed by atoms with Gasteiger partial charge in [0, 0.05) is 6.42 Å². The Balaban J connectivity index is 4.88. The molecule has 1 atom stereocenters. The lowest BCUT2D eigenvalue weighted by Gasteiger charge is -2.25. The highest BCUT2D eigenvalue weighted by atomic mass is 16.5. The molecular formula is C11H18O4. The number of ether oxygens (including phenoxy) is 1. The monoisotopic (exact) mass is 214 g/mol. The molecule has 0 aliphatic heterocycles. The highest BCUT2D eigenvalue weighted by Gasteiger charge is 2.39. The molecule has 0 amide bonds. The van der Waals surface area contributed by atoms with Gasteiger partial charge in [-0.2, -0.15) is 0 Å². The predicted octanol–water partition coefficient (Wildman–Crippen LogP) is 1.23. The minimum Gasteiger partial charge on any atom is -0.463 e. The van der Waals surface area contributed by atoms with E-state index in [0.29, 0.717) is 0 Å². The van der Waals surface area contributed by atoms with Gasteiger partial charge in [-0.3, -0.25) is 4.79 Å². The highest BCUT2D eigenvalue weighted by molar-refractivity contribution is 6.02. The molecule has 0 radical (unpaired) electrons. The molecule has 0 fully saturated rings. The Morgan fingerprint density at radius 2 is 1.87 bits per heavy atom. The number of aliphatic hydroxyl groups is 1. The fraction of sp³-hybridized carbons (Fsp3) is 0.636. The van der Waals surface area contributed by atoms with Crippen molar-refractivity contribution in [1.29, 1.82) is 0 Å². The van der Waals surface area contributed by atoms with Gasteiger partial charge in [0.2, 0.25) is 0 Å². The van der Waals surface area contributed by atoms with Gasteiger partial charge in [-0.25, -0.2) is 4.79 Å². The Hall–Kier alpha value is -1.16. The molecule has 0 bridgehead atoms. The van der Waals surface area contributed by atoms with Crippen molar-refractivity contribution in [2.45, 2.75) is 39.2 Å². The van der Waals surface area contributed by atoms with E-state index < -0.39 is 17.4 Å². The molecule has 86 valence electrons. The molecule has 0 aromatic carbocycles. The van der Waals surface area contributed by atoms with E-state index >= 15 is 0 Å². The van der Waals surface area contributed by atoms with E-state index in [1.54, 1.807) is 20.8 Å². The first-order valence-corrected chi connectivity index (χ1v) is 5.06. The lowest BCUT2D eigenvalue weighted by Crippen LogP contribution is -2.42. The van der Waals surface area contributed by atoms with E-state index in [2.05, 4.69) is 6.58 Å². The van der Waals surface area contributed by atoms with Gasteiger partial charge >= 0.3 is 5.97 Å². The number of hydrogen-bond donors (Lipinski definition) is 1. The van der Waals surface area contributed by atoms with Crippen LogP contribution in [0.25, 0.3) is 0 Å². The lowest BCUT2D eigenvalue weighted by atomic mass is 9.86. The largest absolute Gasteiger partial charge is 0.463 e. The summed E-state index contributed by atoms with van der Waals surface area (Å²) in [6.07, 6.45) is 0.278. The van der Waals surface area contributed by atoms with Gasteiger partial charge in [0.15, 0.2) is 11.4 Å². The average Bonchev–Trinajstić information content (AvgIpc) is 2.26. The van der Waals surface area contributed by atoms with Gasteiger partial charge in [0.1, 0.15) is 0 Å². The van der Waals surface area contributed by atoms with Crippen LogP contribution in [-0.4, -0.2) is 29.1 Å². The third kappa shape index (κ3) is 2.89. The van der Waals surface area contributed by atoms with Crippen molar-refractivity contribution in [3.8, 4) is 0 Å².